The van der Waals surface area contributed by atoms with E-state index >= 15 is 0 Å². The lowest BCUT2D eigenvalue weighted by atomic mass is 10.1. The number of amides is 2. The Morgan fingerprint density at radius 3 is 2.57 bits per heavy atom. The highest BCUT2D eigenvalue weighted by atomic mass is 16.2. The molecule has 0 bridgehead atoms. The molecule has 3 rings (SSSR count). The minimum Gasteiger partial charge on any atom is -0.355 e. The lowest BCUT2D eigenvalue weighted by Gasteiger charge is -2.25. The third-order valence-corrected chi connectivity index (χ3v) is 5.51. The summed E-state index contributed by atoms with van der Waals surface area (Å²) in [6.07, 6.45) is 2.66. The quantitative estimate of drug-likeness (QED) is 0.439. The van der Waals surface area contributed by atoms with Crippen LogP contribution in [0, 0.1) is 0 Å². The predicted octanol–water partition coefficient (Wildman–Crippen LogP) is 1.35. The van der Waals surface area contributed by atoms with Crippen molar-refractivity contribution in [3.05, 3.63) is 35.9 Å². The number of rotatable bonds is 6. The Morgan fingerprint density at radius 2 is 1.89 bits per heavy atom. The van der Waals surface area contributed by atoms with E-state index in [1.165, 1.54) is 10.5 Å². The first kappa shape index (κ1) is 20.3. The third kappa shape index (κ3) is 5.32. The number of nitrogens with zero attached hydrogens (tertiary/aromatic N) is 3. The third-order valence-electron chi connectivity index (χ3n) is 5.51. The van der Waals surface area contributed by atoms with Crippen LogP contribution in [0.1, 0.15) is 38.2 Å². The Bertz CT molecular complexity index is 690. The van der Waals surface area contributed by atoms with Crippen molar-refractivity contribution in [2.75, 3.05) is 26.7 Å². The summed E-state index contributed by atoms with van der Waals surface area (Å²) in [4.78, 5) is 31.9. The van der Waals surface area contributed by atoms with Gasteiger partial charge in [0.15, 0.2) is 5.96 Å². The predicted molar refractivity (Wildman–Crippen MR) is 110 cm³/mol. The molecule has 7 nitrogen and oxygen atoms in total. The molecule has 2 heterocycles. The molecule has 7 heteroatoms. The lowest BCUT2D eigenvalue weighted by molar-refractivity contribution is -0.147. The second kappa shape index (κ2) is 9.68. The van der Waals surface area contributed by atoms with Gasteiger partial charge in [0.2, 0.25) is 11.8 Å². The van der Waals surface area contributed by atoms with Crippen molar-refractivity contribution in [2.45, 2.75) is 51.2 Å². The number of hydrogen-bond donors (Lipinski definition) is 2. The van der Waals surface area contributed by atoms with Gasteiger partial charge in [-0.05, 0) is 25.3 Å². The number of carbonyl (C=O) groups excluding carboxylic acids is 2. The van der Waals surface area contributed by atoms with Crippen LogP contribution in [0.4, 0.5) is 0 Å². The van der Waals surface area contributed by atoms with Crippen molar-refractivity contribution in [2.24, 2.45) is 4.99 Å². The smallest absolute Gasteiger partial charge is 0.229 e. The lowest BCUT2D eigenvalue weighted by Crippen LogP contribution is -2.48. The van der Waals surface area contributed by atoms with Crippen LogP contribution in [0.5, 0.6) is 0 Å². The van der Waals surface area contributed by atoms with E-state index in [-0.39, 0.29) is 11.8 Å². The molecule has 2 aliphatic heterocycles. The second-order valence-corrected chi connectivity index (χ2v) is 7.63. The maximum atomic E-state index is 11.9. The van der Waals surface area contributed by atoms with E-state index in [9.17, 15) is 9.59 Å². The van der Waals surface area contributed by atoms with E-state index in [1.54, 1.807) is 7.05 Å². The van der Waals surface area contributed by atoms with E-state index < -0.39 is 0 Å². The van der Waals surface area contributed by atoms with Gasteiger partial charge in [-0.25, -0.2) is 0 Å². The van der Waals surface area contributed by atoms with Crippen molar-refractivity contribution < 1.29 is 9.59 Å². The van der Waals surface area contributed by atoms with Crippen molar-refractivity contribution in [1.82, 2.24) is 20.4 Å². The molecule has 0 saturated carbocycles. The highest BCUT2D eigenvalue weighted by molar-refractivity contribution is 5.97. The van der Waals surface area contributed by atoms with E-state index in [4.69, 9.17) is 0 Å². The molecule has 28 heavy (non-hydrogen) atoms. The topological polar surface area (TPSA) is 77.0 Å². The summed E-state index contributed by atoms with van der Waals surface area (Å²) < 4.78 is 0. The van der Waals surface area contributed by atoms with Gasteiger partial charge in [0, 0.05) is 58.2 Å². The number of guanidine groups is 1. The molecule has 1 aromatic rings. The van der Waals surface area contributed by atoms with Gasteiger partial charge in [0.1, 0.15) is 0 Å². The summed E-state index contributed by atoms with van der Waals surface area (Å²) in [5.74, 6) is 0.583. The zero-order valence-corrected chi connectivity index (χ0v) is 16.9. The fourth-order valence-corrected chi connectivity index (χ4v) is 3.96. The van der Waals surface area contributed by atoms with Crippen LogP contribution in [0.25, 0.3) is 0 Å². The molecule has 2 saturated heterocycles. The van der Waals surface area contributed by atoms with Crippen LogP contribution in [0.2, 0.25) is 0 Å². The van der Waals surface area contributed by atoms with E-state index in [2.05, 4.69) is 51.7 Å². The minimum atomic E-state index is -0.0674. The molecule has 2 unspecified atom stereocenters. The number of likely N-dealkylation sites (tertiary alicyclic amines) is 2. The summed E-state index contributed by atoms with van der Waals surface area (Å²) >= 11 is 0. The average Bonchev–Trinajstić information content (AvgIpc) is 3.03. The van der Waals surface area contributed by atoms with Crippen LogP contribution in [0.15, 0.2) is 35.3 Å². The number of aliphatic imine (C=N–C) groups is 1. The molecule has 2 fully saturated rings. The van der Waals surface area contributed by atoms with Gasteiger partial charge in [-0.3, -0.25) is 24.4 Å². The molecule has 2 atom stereocenters. The van der Waals surface area contributed by atoms with Crippen molar-refractivity contribution in [3.63, 3.8) is 0 Å². The summed E-state index contributed by atoms with van der Waals surface area (Å²) in [6.45, 7) is 5.06. The Kier molecular flexibility index (Phi) is 7.03. The van der Waals surface area contributed by atoms with E-state index in [0.717, 1.165) is 25.5 Å². The first-order chi connectivity index (χ1) is 13.6. The van der Waals surface area contributed by atoms with Gasteiger partial charge < -0.3 is 10.6 Å². The number of imide groups is 1. The summed E-state index contributed by atoms with van der Waals surface area (Å²) in [6, 6.07) is 11.4. The van der Waals surface area contributed by atoms with Crippen molar-refractivity contribution >= 4 is 17.8 Å². The van der Waals surface area contributed by atoms with Gasteiger partial charge >= 0.3 is 0 Å². The largest absolute Gasteiger partial charge is 0.355 e. The number of piperidine rings is 1. The van der Waals surface area contributed by atoms with Gasteiger partial charge in [0.05, 0.1) is 0 Å². The molecule has 152 valence electrons. The van der Waals surface area contributed by atoms with Gasteiger partial charge in [-0.15, -0.1) is 0 Å². The van der Waals surface area contributed by atoms with Crippen LogP contribution >= 0.6 is 0 Å². The van der Waals surface area contributed by atoms with E-state index in [1.807, 2.05) is 6.07 Å². The van der Waals surface area contributed by atoms with Crippen LogP contribution in [-0.2, 0) is 16.1 Å². The molecule has 1 aromatic carbocycles. The number of hydrogen-bond acceptors (Lipinski definition) is 4. The summed E-state index contributed by atoms with van der Waals surface area (Å²) in [5.41, 5.74) is 1.33. The first-order valence-corrected chi connectivity index (χ1v) is 10.1. The normalized spacial score (nSPS) is 23.9. The Hall–Kier alpha value is -2.41. The number of carbonyl (C=O) groups is 2. The zero-order chi connectivity index (χ0) is 19.9. The summed E-state index contributed by atoms with van der Waals surface area (Å²) in [7, 11) is 1.74. The van der Waals surface area contributed by atoms with Gasteiger partial charge in [0.25, 0.3) is 0 Å². The molecule has 2 aliphatic rings. The fraction of sp³-hybridized carbons (Fsp3) is 0.571. The molecule has 0 aromatic heterocycles. The minimum absolute atomic E-state index is 0.0674. The van der Waals surface area contributed by atoms with Crippen LogP contribution < -0.4 is 10.6 Å². The number of benzene rings is 1. The first-order valence-electron chi connectivity index (χ1n) is 10.1. The molecular formula is C21H31N5O2. The molecule has 2 amide bonds. The Labute approximate surface area is 167 Å². The molecule has 0 spiro atoms. The Balaban J connectivity index is 1.44. The molecule has 0 aliphatic carbocycles. The molecular weight excluding hydrogens is 354 g/mol. The fourth-order valence-electron chi connectivity index (χ4n) is 3.96. The SMILES string of the molecule is CN=C(NCCN1C(=O)CCCC1=O)NC1CC(C)N(Cc2ccccc2)C1. The maximum absolute atomic E-state index is 11.9. The van der Waals surface area contributed by atoms with Crippen LogP contribution in [0.3, 0.4) is 0 Å². The maximum Gasteiger partial charge on any atom is 0.229 e. The van der Waals surface area contributed by atoms with Crippen LogP contribution in [-0.4, -0.2) is 66.3 Å². The molecule has 2 N–H and O–H groups in total. The highest BCUT2D eigenvalue weighted by Crippen LogP contribution is 2.20. The Morgan fingerprint density at radius 1 is 1.18 bits per heavy atom. The van der Waals surface area contributed by atoms with Gasteiger partial charge in [-0.2, -0.15) is 0 Å². The van der Waals surface area contributed by atoms with Crippen molar-refractivity contribution in [1.29, 1.82) is 0 Å². The molecule has 0 radical (unpaired) electrons. The standard InChI is InChI=1S/C21H31N5O2/c1-16-13-18(15-25(16)14-17-7-4-3-5-8-17)24-21(22-2)23-11-12-26-19(27)9-6-10-20(26)28/h3-5,7-8,16,18H,6,9-15H2,1-2H3,(H2,22,23,24). The van der Waals surface area contributed by atoms with E-state index in [0.29, 0.717) is 44.4 Å². The van der Waals surface area contributed by atoms with Crippen molar-refractivity contribution in [3.8, 4) is 0 Å². The second-order valence-electron chi connectivity index (χ2n) is 7.63. The monoisotopic (exact) mass is 385 g/mol. The zero-order valence-electron chi connectivity index (χ0n) is 16.9. The number of nitrogens with one attached hydrogen (secondary N) is 2. The summed E-state index contributed by atoms with van der Waals surface area (Å²) in [5, 5.41) is 6.72. The van der Waals surface area contributed by atoms with Gasteiger partial charge in [-0.1, -0.05) is 30.3 Å². The average molecular weight is 386 g/mol. The highest BCUT2D eigenvalue weighted by Gasteiger charge is 2.29.